The van der Waals surface area contributed by atoms with Crippen molar-refractivity contribution in [2.75, 3.05) is 40.0 Å². The molecule has 0 saturated carbocycles. The van der Waals surface area contributed by atoms with Gasteiger partial charge in [-0.1, -0.05) is 36.4 Å². The van der Waals surface area contributed by atoms with Crippen molar-refractivity contribution in [3.05, 3.63) is 65.9 Å². The fourth-order valence-electron chi connectivity index (χ4n) is 4.59. The second-order valence-electron chi connectivity index (χ2n) is 8.18. The van der Waals surface area contributed by atoms with Crippen LogP contribution in [0.2, 0.25) is 0 Å². The van der Waals surface area contributed by atoms with Crippen molar-refractivity contribution < 1.29 is 18.5 Å². The topological polar surface area (TPSA) is 73.7 Å². The highest BCUT2D eigenvalue weighted by atomic mass is 32.2. The first-order valence-electron chi connectivity index (χ1n) is 11.2. The predicted molar refractivity (Wildman–Crippen MR) is 126 cm³/mol. The number of methoxy groups -OCH3 is 1. The summed E-state index contributed by atoms with van der Waals surface area (Å²) in [6, 6.07) is 17.6. The summed E-state index contributed by atoms with van der Waals surface area (Å²) in [7, 11) is 0.369. The van der Waals surface area contributed by atoms with Crippen LogP contribution >= 0.6 is 0 Å². The van der Waals surface area contributed by atoms with Gasteiger partial charge in [-0.3, -0.25) is 9.00 Å². The highest BCUT2D eigenvalue weighted by Crippen LogP contribution is 2.47. The van der Waals surface area contributed by atoms with E-state index in [0.29, 0.717) is 45.0 Å². The number of hydrogen-bond acceptors (Lipinski definition) is 5. The number of amides is 1. The molecule has 2 atom stereocenters. The third-order valence-corrected chi connectivity index (χ3v) is 7.96. The summed E-state index contributed by atoms with van der Waals surface area (Å²) < 4.78 is 26.3. The molecule has 8 heteroatoms. The molecule has 1 aromatic heterocycles. The molecule has 33 heavy (non-hydrogen) atoms. The molecule has 1 amide bonds. The Morgan fingerprint density at radius 1 is 1.12 bits per heavy atom. The Morgan fingerprint density at radius 3 is 2.61 bits per heavy atom. The highest BCUT2D eigenvalue weighted by molar-refractivity contribution is 7.85. The molecule has 5 rings (SSSR count). The van der Waals surface area contributed by atoms with Crippen LogP contribution in [0.4, 0.5) is 0 Å². The third kappa shape index (κ3) is 4.03. The molecule has 7 nitrogen and oxygen atoms in total. The van der Waals surface area contributed by atoms with Gasteiger partial charge in [-0.05, 0) is 31.0 Å². The predicted octanol–water partition coefficient (Wildman–Crippen LogP) is 3.60. The van der Waals surface area contributed by atoms with E-state index in [1.807, 2.05) is 59.3 Å². The van der Waals surface area contributed by atoms with Crippen molar-refractivity contribution >= 4 is 16.7 Å². The number of ether oxygens (including phenoxy) is 2. The number of carbonyl (C=O) groups is 1. The summed E-state index contributed by atoms with van der Waals surface area (Å²) in [5.41, 5.74) is 3.76. The van der Waals surface area contributed by atoms with Crippen molar-refractivity contribution in [3.63, 3.8) is 0 Å². The van der Waals surface area contributed by atoms with Crippen LogP contribution < -0.4 is 0 Å². The molecule has 3 aromatic rings. The Labute approximate surface area is 195 Å². The van der Waals surface area contributed by atoms with Gasteiger partial charge in [0.1, 0.15) is 0 Å². The van der Waals surface area contributed by atoms with E-state index in [-0.39, 0.29) is 11.2 Å². The molecule has 2 unspecified atom stereocenters. The first-order valence-corrected chi connectivity index (χ1v) is 12.5. The Morgan fingerprint density at radius 2 is 1.85 bits per heavy atom. The maximum atomic E-state index is 13.8. The lowest BCUT2D eigenvalue weighted by Gasteiger charge is -2.28. The largest absolute Gasteiger partial charge is 0.385 e. The normalized spacial score (nSPS) is 19.7. The van der Waals surface area contributed by atoms with Gasteiger partial charge in [0.15, 0.2) is 5.69 Å². The van der Waals surface area contributed by atoms with Gasteiger partial charge in [0.05, 0.1) is 40.6 Å². The lowest BCUT2D eigenvalue weighted by Crippen LogP contribution is -2.41. The fraction of sp³-hybridized carbons (Fsp3) is 0.360. The second-order valence-corrected chi connectivity index (χ2v) is 9.78. The zero-order valence-electron chi connectivity index (χ0n) is 18.6. The SMILES string of the molecule is COCCCC1c2c(C(=O)N3CCOCC3)nn(-c3ccccc3)c2-c2ccccc2S1=O. The summed E-state index contributed by atoms with van der Waals surface area (Å²) in [4.78, 5) is 16.3. The lowest BCUT2D eigenvalue weighted by atomic mass is 9.98. The zero-order chi connectivity index (χ0) is 22.8. The number of nitrogens with zero attached hydrogens (tertiary/aromatic N) is 3. The minimum Gasteiger partial charge on any atom is -0.385 e. The molecule has 3 heterocycles. The number of hydrogen-bond donors (Lipinski definition) is 0. The lowest BCUT2D eigenvalue weighted by molar-refractivity contribution is 0.0298. The molecule has 2 aliphatic rings. The van der Waals surface area contributed by atoms with Crippen LogP contribution in [0.5, 0.6) is 0 Å². The average Bonchev–Trinajstić information content (AvgIpc) is 3.27. The van der Waals surface area contributed by atoms with E-state index in [4.69, 9.17) is 14.6 Å². The van der Waals surface area contributed by atoms with Gasteiger partial charge in [-0.25, -0.2) is 4.68 Å². The van der Waals surface area contributed by atoms with Crippen molar-refractivity contribution in [1.82, 2.24) is 14.7 Å². The van der Waals surface area contributed by atoms with Crippen molar-refractivity contribution in [1.29, 1.82) is 0 Å². The minimum absolute atomic E-state index is 0.127. The number of carbonyl (C=O) groups excluding carboxylic acids is 1. The Balaban J connectivity index is 1.72. The van der Waals surface area contributed by atoms with Gasteiger partial charge >= 0.3 is 0 Å². The molecular weight excluding hydrogens is 438 g/mol. The first-order chi connectivity index (χ1) is 16.2. The van der Waals surface area contributed by atoms with E-state index < -0.39 is 10.8 Å². The molecule has 0 radical (unpaired) electrons. The van der Waals surface area contributed by atoms with Gasteiger partial charge in [0.25, 0.3) is 5.91 Å². The maximum Gasteiger partial charge on any atom is 0.274 e. The van der Waals surface area contributed by atoms with Crippen LogP contribution in [0.3, 0.4) is 0 Å². The van der Waals surface area contributed by atoms with E-state index >= 15 is 0 Å². The first kappa shape index (κ1) is 22.0. The highest BCUT2D eigenvalue weighted by Gasteiger charge is 2.40. The van der Waals surface area contributed by atoms with Gasteiger partial charge in [0.2, 0.25) is 0 Å². The Bertz CT molecular complexity index is 1170. The van der Waals surface area contributed by atoms with Crippen LogP contribution in [0.25, 0.3) is 16.9 Å². The van der Waals surface area contributed by atoms with Crippen LogP contribution in [0, 0.1) is 0 Å². The molecule has 2 aliphatic heterocycles. The summed E-state index contributed by atoms with van der Waals surface area (Å²) >= 11 is 0. The number of para-hydroxylation sites is 1. The monoisotopic (exact) mass is 465 g/mol. The number of rotatable bonds is 6. The van der Waals surface area contributed by atoms with E-state index in [9.17, 15) is 9.00 Å². The summed E-state index contributed by atoms with van der Waals surface area (Å²) in [5, 5.41) is 4.54. The second kappa shape index (κ2) is 9.59. The minimum atomic E-state index is -1.30. The van der Waals surface area contributed by atoms with Crippen molar-refractivity contribution in [2.24, 2.45) is 0 Å². The quantitative estimate of drug-likeness (QED) is 0.520. The molecule has 0 aliphatic carbocycles. The molecule has 0 spiro atoms. The standard InChI is InChI=1S/C25H27N3O4S/c1-31-15-7-12-21-22-23(25(29)27-13-16-32-17-14-27)26-28(18-8-3-2-4-9-18)24(22)19-10-5-6-11-20(19)33(21)30/h2-6,8-11,21H,7,12-17H2,1H3. The van der Waals surface area contributed by atoms with Gasteiger partial charge < -0.3 is 14.4 Å². The average molecular weight is 466 g/mol. The van der Waals surface area contributed by atoms with Crippen molar-refractivity contribution in [2.45, 2.75) is 23.0 Å². The number of morpholine rings is 1. The zero-order valence-corrected chi connectivity index (χ0v) is 19.4. The number of aromatic nitrogens is 2. The summed E-state index contributed by atoms with van der Waals surface area (Å²) in [5.74, 6) is -0.127. The smallest absolute Gasteiger partial charge is 0.274 e. The van der Waals surface area contributed by atoms with E-state index in [2.05, 4.69) is 0 Å². The van der Waals surface area contributed by atoms with Gasteiger partial charge in [-0.15, -0.1) is 0 Å². The molecule has 2 aromatic carbocycles. The molecule has 1 fully saturated rings. The number of fused-ring (bicyclic) bond motifs is 3. The Hall–Kier alpha value is -2.81. The van der Waals surface area contributed by atoms with Crippen LogP contribution in [-0.4, -0.2) is 64.8 Å². The van der Waals surface area contributed by atoms with Crippen molar-refractivity contribution in [3.8, 4) is 16.9 Å². The number of benzene rings is 2. The summed E-state index contributed by atoms with van der Waals surface area (Å²) in [6.07, 6.45) is 1.39. The summed E-state index contributed by atoms with van der Waals surface area (Å²) in [6.45, 7) is 2.66. The molecule has 1 saturated heterocycles. The van der Waals surface area contributed by atoms with Crippen LogP contribution in [0.1, 0.15) is 34.1 Å². The van der Waals surface area contributed by atoms with E-state index in [1.54, 1.807) is 12.0 Å². The molecule has 0 N–H and O–H groups in total. The van der Waals surface area contributed by atoms with E-state index in [1.165, 1.54) is 0 Å². The maximum absolute atomic E-state index is 13.8. The van der Waals surface area contributed by atoms with E-state index in [0.717, 1.165) is 33.8 Å². The molecular formula is C25H27N3O4S. The van der Waals surface area contributed by atoms with Gasteiger partial charge in [-0.2, -0.15) is 5.10 Å². The van der Waals surface area contributed by atoms with Gasteiger partial charge in [0, 0.05) is 42.8 Å². The van der Waals surface area contributed by atoms with Crippen LogP contribution in [-0.2, 0) is 20.3 Å². The fourth-order valence-corrected chi connectivity index (χ4v) is 6.31. The third-order valence-electron chi connectivity index (χ3n) is 6.18. The Kier molecular flexibility index (Phi) is 6.39. The van der Waals surface area contributed by atoms with Crippen LogP contribution in [0.15, 0.2) is 59.5 Å². The molecule has 0 bridgehead atoms. The molecule has 172 valence electrons.